The summed E-state index contributed by atoms with van der Waals surface area (Å²) in [7, 11) is 0. The van der Waals surface area contributed by atoms with Crippen LogP contribution in [0.2, 0.25) is 0 Å². The molecule has 0 atom stereocenters. The lowest BCUT2D eigenvalue weighted by Gasteiger charge is -2.04. The molecule has 0 radical (unpaired) electrons. The van der Waals surface area contributed by atoms with E-state index in [0.29, 0.717) is 11.4 Å². The fraction of sp³-hybridized carbons (Fsp3) is 0.118. The zero-order valence-electron chi connectivity index (χ0n) is 12.1. The summed E-state index contributed by atoms with van der Waals surface area (Å²) in [4.78, 5) is 4.14. The normalized spacial score (nSPS) is 10.5. The largest absolute Gasteiger partial charge is 0.423 e. The lowest BCUT2D eigenvalue weighted by atomic mass is 10.1. The minimum atomic E-state index is -0.351. The summed E-state index contributed by atoms with van der Waals surface area (Å²) in [6.45, 7) is 2.89. The highest BCUT2D eigenvalue weighted by Crippen LogP contribution is 2.27. The van der Waals surface area contributed by atoms with Gasteiger partial charge in [0.1, 0.15) is 5.82 Å². The van der Waals surface area contributed by atoms with Crippen LogP contribution in [0.1, 0.15) is 6.92 Å². The van der Waals surface area contributed by atoms with Crippen LogP contribution in [0.5, 0.6) is 0 Å². The average molecular weight is 297 g/mol. The third kappa shape index (κ3) is 3.09. The molecule has 0 unspecified atom stereocenters. The molecule has 0 spiro atoms. The van der Waals surface area contributed by atoms with Gasteiger partial charge in [0.2, 0.25) is 0 Å². The molecule has 2 aromatic carbocycles. The summed E-state index contributed by atoms with van der Waals surface area (Å²) >= 11 is 0. The van der Waals surface area contributed by atoms with Crippen molar-refractivity contribution in [1.29, 1.82) is 0 Å². The monoisotopic (exact) mass is 297 g/mol. The molecule has 5 heteroatoms. The van der Waals surface area contributed by atoms with E-state index in [0.717, 1.165) is 17.8 Å². The second-order valence-corrected chi connectivity index (χ2v) is 4.75. The van der Waals surface area contributed by atoms with Crippen LogP contribution in [0.3, 0.4) is 0 Å². The standard InChI is InChI=1S/C17H16FN3O/c1-2-19-13-7-5-6-12(10-13)16-11-20-17(22-16)21-15-9-4-3-8-14(15)18/h3-11,19H,2H2,1H3,(H,20,21). The highest BCUT2D eigenvalue weighted by molar-refractivity contribution is 5.64. The molecule has 0 saturated heterocycles. The number of hydrogen-bond donors (Lipinski definition) is 2. The fourth-order valence-electron chi connectivity index (χ4n) is 2.13. The Morgan fingerprint density at radius 3 is 2.82 bits per heavy atom. The second kappa shape index (κ2) is 6.30. The molecule has 0 aliphatic carbocycles. The summed E-state index contributed by atoms with van der Waals surface area (Å²) in [5, 5.41) is 6.08. The number of oxazole rings is 1. The topological polar surface area (TPSA) is 50.1 Å². The molecule has 0 bridgehead atoms. The van der Waals surface area contributed by atoms with Crippen LogP contribution >= 0.6 is 0 Å². The van der Waals surface area contributed by atoms with Crippen LogP contribution in [-0.2, 0) is 0 Å². The van der Waals surface area contributed by atoms with Crippen molar-refractivity contribution in [2.75, 3.05) is 17.2 Å². The summed E-state index contributed by atoms with van der Waals surface area (Å²) < 4.78 is 19.2. The van der Waals surface area contributed by atoms with E-state index < -0.39 is 0 Å². The van der Waals surface area contributed by atoms with E-state index in [-0.39, 0.29) is 11.8 Å². The van der Waals surface area contributed by atoms with E-state index in [2.05, 4.69) is 15.6 Å². The number of benzene rings is 2. The second-order valence-electron chi connectivity index (χ2n) is 4.75. The molecule has 0 saturated carbocycles. The molecular formula is C17H16FN3O. The maximum atomic E-state index is 13.6. The molecule has 22 heavy (non-hydrogen) atoms. The first kappa shape index (κ1) is 14.1. The van der Waals surface area contributed by atoms with Gasteiger partial charge >= 0.3 is 0 Å². The molecule has 0 fully saturated rings. The minimum absolute atomic E-state index is 0.258. The Bertz CT molecular complexity index is 770. The minimum Gasteiger partial charge on any atom is -0.423 e. The van der Waals surface area contributed by atoms with Gasteiger partial charge in [-0.05, 0) is 31.2 Å². The van der Waals surface area contributed by atoms with Crippen LogP contribution < -0.4 is 10.6 Å². The van der Waals surface area contributed by atoms with E-state index in [9.17, 15) is 4.39 Å². The van der Waals surface area contributed by atoms with E-state index in [4.69, 9.17) is 4.42 Å². The number of hydrogen-bond acceptors (Lipinski definition) is 4. The Balaban J connectivity index is 1.82. The first-order valence-corrected chi connectivity index (χ1v) is 7.08. The van der Waals surface area contributed by atoms with Gasteiger partial charge in [-0.1, -0.05) is 24.3 Å². The Morgan fingerprint density at radius 1 is 1.14 bits per heavy atom. The third-order valence-corrected chi connectivity index (χ3v) is 3.15. The Labute approximate surface area is 128 Å². The van der Waals surface area contributed by atoms with Crippen LogP contribution in [-0.4, -0.2) is 11.5 Å². The first-order valence-electron chi connectivity index (χ1n) is 7.08. The molecular weight excluding hydrogens is 281 g/mol. The lowest BCUT2D eigenvalue weighted by Crippen LogP contribution is -1.95. The summed E-state index contributed by atoms with van der Waals surface area (Å²) in [6, 6.07) is 14.5. The predicted octanol–water partition coefficient (Wildman–Crippen LogP) is 4.66. The van der Waals surface area contributed by atoms with Gasteiger partial charge < -0.3 is 15.1 Å². The van der Waals surface area contributed by atoms with Gasteiger partial charge in [0.25, 0.3) is 6.01 Å². The van der Waals surface area contributed by atoms with E-state index in [1.807, 2.05) is 31.2 Å². The van der Waals surface area contributed by atoms with Gasteiger partial charge in [0.15, 0.2) is 5.76 Å². The maximum absolute atomic E-state index is 13.6. The zero-order valence-corrected chi connectivity index (χ0v) is 12.1. The summed E-state index contributed by atoms with van der Waals surface area (Å²) in [6.07, 6.45) is 1.62. The van der Waals surface area contributed by atoms with Crippen LogP contribution in [0, 0.1) is 5.82 Å². The highest BCUT2D eigenvalue weighted by Gasteiger charge is 2.09. The third-order valence-electron chi connectivity index (χ3n) is 3.15. The number of nitrogens with zero attached hydrogens (tertiary/aromatic N) is 1. The van der Waals surface area contributed by atoms with Crippen LogP contribution in [0.25, 0.3) is 11.3 Å². The summed E-state index contributed by atoms with van der Waals surface area (Å²) in [5.41, 5.74) is 2.25. The quantitative estimate of drug-likeness (QED) is 0.719. The molecule has 2 N–H and O–H groups in total. The van der Waals surface area contributed by atoms with Crippen molar-refractivity contribution < 1.29 is 8.81 Å². The smallest absolute Gasteiger partial charge is 0.299 e. The number of halogens is 1. The first-order chi connectivity index (χ1) is 10.8. The van der Waals surface area contributed by atoms with Crippen molar-refractivity contribution in [3.63, 3.8) is 0 Å². The molecule has 0 amide bonds. The van der Waals surface area contributed by atoms with E-state index >= 15 is 0 Å². The number of aromatic nitrogens is 1. The number of nitrogens with one attached hydrogen (secondary N) is 2. The number of rotatable bonds is 5. The fourth-order valence-corrected chi connectivity index (χ4v) is 2.13. The van der Waals surface area contributed by atoms with Gasteiger partial charge in [0, 0.05) is 17.8 Å². The molecule has 0 aliphatic heterocycles. The maximum Gasteiger partial charge on any atom is 0.299 e. The molecule has 112 valence electrons. The summed E-state index contributed by atoms with van der Waals surface area (Å²) in [5.74, 6) is 0.273. The Morgan fingerprint density at radius 2 is 2.00 bits per heavy atom. The van der Waals surface area contributed by atoms with E-state index in [1.54, 1.807) is 24.4 Å². The Hall–Kier alpha value is -2.82. The molecule has 1 aromatic heterocycles. The predicted molar refractivity (Wildman–Crippen MR) is 85.8 cm³/mol. The highest BCUT2D eigenvalue weighted by atomic mass is 19.1. The van der Waals surface area contributed by atoms with Crippen molar-refractivity contribution in [1.82, 2.24) is 4.98 Å². The van der Waals surface area contributed by atoms with Crippen LogP contribution in [0.15, 0.2) is 59.1 Å². The molecule has 1 heterocycles. The molecule has 3 aromatic rings. The van der Waals surface area contributed by atoms with Gasteiger partial charge in [-0.15, -0.1) is 0 Å². The average Bonchev–Trinajstić information content (AvgIpc) is 2.99. The van der Waals surface area contributed by atoms with Crippen molar-refractivity contribution in [2.45, 2.75) is 6.92 Å². The van der Waals surface area contributed by atoms with Gasteiger partial charge in [-0.3, -0.25) is 0 Å². The molecule has 3 rings (SSSR count). The molecule has 4 nitrogen and oxygen atoms in total. The van der Waals surface area contributed by atoms with Crippen molar-refractivity contribution in [3.05, 3.63) is 60.5 Å². The van der Waals surface area contributed by atoms with Crippen molar-refractivity contribution in [3.8, 4) is 11.3 Å². The van der Waals surface area contributed by atoms with E-state index in [1.165, 1.54) is 6.07 Å². The van der Waals surface area contributed by atoms with Crippen molar-refractivity contribution in [2.24, 2.45) is 0 Å². The lowest BCUT2D eigenvalue weighted by molar-refractivity contribution is 0.587. The number of para-hydroxylation sites is 1. The van der Waals surface area contributed by atoms with Gasteiger partial charge in [-0.2, -0.15) is 0 Å². The van der Waals surface area contributed by atoms with Crippen molar-refractivity contribution >= 4 is 17.4 Å². The molecule has 0 aliphatic rings. The van der Waals surface area contributed by atoms with Gasteiger partial charge in [-0.25, -0.2) is 9.37 Å². The zero-order chi connectivity index (χ0) is 15.4. The van der Waals surface area contributed by atoms with Crippen LogP contribution in [0.4, 0.5) is 21.8 Å². The number of anilines is 3. The SMILES string of the molecule is CCNc1cccc(-c2cnc(Nc3ccccc3F)o2)c1. The van der Waals surface area contributed by atoms with Gasteiger partial charge in [0.05, 0.1) is 11.9 Å². The Kier molecular flexibility index (Phi) is 4.05.